The summed E-state index contributed by atoms with van der Waals surface area (Å²) in [4.78, 5) is 21.4. The van der Waals surface area contributed by atoms with Crippen molar-refractivity contribution in [2.45, 2.75) is 6.54 Å². The summed E-state index contributed by atoms with van der Waals surface area (Å²) in [5.41, 5.74) is 1.19. The first-order chi connectivity index (χ1) is 12.8. The second-order valence-corrected chi connectivity index (χ2v) is 6.20. The van der Waals surface area contributed by atoms with Gasteiger partial charge in [0.15, 0.2) is 11.5 Å². The lowest BCUT2D eigenvalue weighted by Crippen LogP contribution is -2.23. The summed E-state index contributed by atoms with van der Waals surface area (Å²) in [7, 11) is 0. The summed E-state index contributed by atoms with van der Waals surface area (Å²) in [5.74, 6) is 0.137. The van der Waals surface area contributed by atoms with Crippen LogP contribution in [-0.2, 0) is 6.54 Å². The summed E-state index contributed by atoms with van der Waals surface area (Å²) < 4.78 is 0. The van der Waals surface area contributed by atoms with Crippen LogP contribution >= 0.6 is 11.3 Å². The molecule has 128 valence electrons. The predicted molar refractivity (Wildman–Crippen MR) is 93.5 cm³/mol. The van der Waals surface area contributed by atoms with Crippen LogP contribution in [0.2, 0.25) is 0 Å². The van der Waals surface area contributed by atoms with Crippen LogP contribution in [0.25, 0.3) is 16.4 Å². The monoisotopic (exact) mass is 364 g/mol. The van der Waals surface area contributed by atoms with Crippen LogP contribution in [0.1, 0.15) is 15.5 Å². The second kappa shape index (κ2) is 7.15. The number of rotatable bonds is 5. The van der Waals surface area contributed by atoms with Gasteiger partial charge in [0.1, 0.15) is 16.3 Å². The first-order valence-electron chi connectivity index (χ1n) is 7.64. The van der Waals surface area contributed by atoms with Gasteiger partial charge in [0, 0.05) is 17.8 Å². The Bertz CT molecular complexity index is 1010. The van der Waals surface area contributed by atoms with Crippen LogP contribution in [0.4, 0.5) is 0 Å². The minimum Gasteiger partial charge on any atom is -0.344 e. The quantitative estimate of drug-likeness (QED) is 0.571. The van der Waals surface area contributed by atoms with Gasteiger partial charge < -0.3 is 5.32 Å². The Hall–Kier alpha value is -3.53. The molecule has 0 saturated heterocycles. The Balaban J connectivity index is 1.40. The molecule has 4 aromatic rings. The summed E-state index contributed by atoms with van der Waals surface area (Å²) >= 11 is 1.43. The van der Waals surface area contributed by atoms with Gasteiger partial charge >= 0.3 is 0 Å². The lowest BCUT2D eigenvalue weighted by atomic mass is 10.2. The molecule has 3 heterocycles. The summed E-state index contributed by atoms with van der Waals surface area (Å²) in [6.07, 6.45) is 4.34. The van der Waals surface area contributed by atoms with Crippen molar-refractivity contribution < 1.29 is 4.79 Å². The van der Waals surface area contributed by atoms with Crippen molar-refractivity contribution in [1.82, 2.24) is 40.5 Å². The summed E-state index contributed by atoms with van der Waals surface area (Å²) in [6, 6.07) is 11.4. The Morgan fingerprint density at radius 3 is 2.85 bits per heavy atom. The maximum atomic E-state index is 12.2. The molecule has 0 aliphatic rings. The molecule has 0 fully saturated rings. The smallest absolute Gasteiger partial charge is 0.273 e. The number of carbonyl (C=O) groups excluding carboxylic acids is 1. The van der Waals surface area contributed by atoms with E-state index in [1.807, 2.05) is 30.3 Å². The van der Waals surface area contributed by atoms with E-state index in [4.69, 9.17) is 0 Å². The number of carbonyl (C=O) groups is 1. The molecule has 1 amide bonds. The van der Waals surface area contributed by atoms with E-state index in [2.05, 4.69) is 35.7 Å². The van der Waals surface area contributed by atoms with Gasteiger partial charge in [-0.3, -0.25) is 4.79 Å². The molecule has 0 saturated carbocycles. The number of amides is 1. The van der Waals surface area contributed by atoms with Crippen LogP contribution in [0.3, 0.4) is 0 Å². The Labute approximate surface area is 151 Å². The van der Waals surface area contributed by atoms with E-state index >= 15 is 0 Å². The Kier molecular flexibility index (Phi) is 4.39. The third-order valence-electron chi connectivity index (χ3n) is 3.38. The molecular weight excluding hydrogens is 352 g/mol. The third kappa shape index (κ3) is 3.44. The molecule has 0 radical (unpaired) electrons. The van der Waals surface area contributed by atoms with Crippen molar-refractivity contribution in [3.8, 4) is 16.4 Å². The molecule has 10 heteroatoms. The first kappa shape index (κ1) is 16.0. The largest absolute Gasteiger partial charge is 0.344 e. The number of benzene rings is 1. The molecule has 0 bridgehead atoms. The van der Waals surface area contributed by atoms with E-state index in [1.54, 1.807) is 12.3 Å². The van der Waals surface area contributed by atoms with Gasteiger partial charge in [-0.05, 0) is 0 Å². The summed E-state index contributed by atoms with van der Waals surface area (Å²) in [5, 5.41) is 20.7. The topological polar surface area (TPSA) is 111 Å². The highest BCUT2D eigenvalue weighted by atomic mass is 32.1. The van der Waals surface area contributed by atoms with E-state index in [9.17, 15) is 4.79 Å². The van der Waals surface area contributed by atoms with Crippen molar-refractivity contribution in [3.05, 3.63) is 65.8 Å². The minimum atomic E-state index is -0.346. The number of aromatic nitrogens is 7. The minimum absolute atomic E-state index is 0.191. The molecule has 0 atom stereocenters. The highest BCUT2D eigenvalue weighted by molar-refractivity contribution is 7.14. The molecule has 0 unspecified atom stereocenters. The van der Waals surface area contributed by atoms with Gasteiger partial charge in [-0.15, -0.1) is 20.1 Å². The van der Waals surface area contributed by atoms with E-state index < -0.39 is 0 Å². The molecular formula is C16H12N8OS. The lowest BCUT2D eigenvalue weighted by Gasteiger charge is -1.99. The van der Waals surface area contributed by atoms with Gasteiger partial charge in [-0.25, -0.2) is 9.97 Å². The van der Waals surface area contributed by atoms with Crippen LogP contribution in [-0.4, -0.2) is 41.1 Å². The normalized spacial score (nSPS) is 10.6. The van der Waals surface area contributed by atoms with Crippen molar-refractivity contribution in [2.75, 3.05) is 0 Å². The molecule has 0 aliphatic carbocycles. The van der Waals surface area contributed by atoms with E-state index in [0.29, 0.717) is 10.8 Å². The number of nitrogens with zero attached hydrogens (tertiary/aromatic N) is 7. The van der Waals surface area contributed by atoms with E-state index in [0.717, 1.165) is 10.6 Å². The zero-order chi connectivity index (χ0) is 17.8. The third-order valence-corrected chi connectivity index (χ3v) is 4.36. The van der Waals surface area contributed by atoms with E-state index in [-0.39, 0.29) is 18.1 Å². The standard InChI is InChI=1S/C16H12N8OS/c25-15(12-8-20-24(23-12)13-6-7-17-10-19-13)18-9-14-21-22-16(26-14)11-4-2-1-3-5-11/h1-8,10H,9H2,(H,18,25). The number of hydrogen-bond acceptors (Lipinski definition) is 8. The van der Waals surface area contributed by atoms with Crippen LogP contribution in [0.5, 0.6) is 0 Å². The van der Waals surface area contributed by atoms with Gasteiger partial charge in [-0.1, -0.05) is 41.7 Å². The molecule has 0 spiro atoms. The molecule has 26 heavy (non-hydrogen) atoms. The average molecular weight is 364 g/mol. The van der Waals surface area contributed by atoms with Gasteiger partial charge in [0.05, 0.1) is 12.7 Å². The number of nitrogens with one attached hydrogen (secondary N) is 1. The molecule has 1 aromatic carbocycles. The fourth-order valence-corrected chi connectivity index (χ4v) is 2.93. The van der Waals surface area contributed by atoms with Gasteiger partial charge in [0.2, 0.25) is 0 Å². The maximum absolute atomic E-state index is 12.2. The molecule has 9 nitrogen and oxygen atoms in total. The Morgan fingerprint density at radius 2 is 2.04 bits per heavy atom. The van der Waals surface area contributed by atoms with E-state index in [1.165, 1.54) is 28.7 Å². The fourth-order valence-electron chi connectivity index (χ4n) is 2.15. The van der Waals surface area contributed by atoms with Crippen LogP contribution in [0.15, 0.2) is 55.1 Å². The SMILES string of the molecule is O=C(NCc1nnc(-c2ccccc2)s1)c1cnn(-c2ccncn2)n1. The molecule has 0 aliphatic heterocycles. The zero-order valence-corrected chi connectivity index (χ0v) is 14.2. The molecule has 1 N–H and O–H groups in total. The molecule has 3 aromatic heterocycles. The lowest BCUT2D eigenvalue weighted by molar-refractivity contribution is 0.0945. The van der Waals surface area contributed by atoms with Crippen molar-refractivity contribution in [3.63, 3.8) is 0 Å². The predicted octanol–water partition coefficient (Wildman–Crippen LogP) is 1.51. The van der Waals surface area contributed by atoms with Gasteiger partial charge in [0.25, 0.3) is 5.91 Å². The fraction of sp³-hybridized carbons (Fsp3) is 0.0625. The highest BCUT2D eigenvalue weighted by Gasteiger charge is 2.13. The van der Waals surface area contributed by atoms with Crippen LogP contribution < -0.4 is 5.32 Å². The first-order valence-corrected chi connectivity index (χ1v) is 8.46. The summed E-state index contributed by atoms with van der Waals surface area (Å²) in [6.45, 7) is 0.268. The van der Waals surface area contributed by atoms with Crippen molar-refractivity contribution in [2.24, 2.45) is 0 Å². The highest BCUT2D eigenvalue weighted by Crippen LogP contribution is 2.22. The maximum Gasteiger partial charge on any atom is 0.273 e. The average Bonchev–Trinajstić information content (AvgIpc) is 3.37. The Morgan fingerprint density at radius 1 is 1.15 bits per heavy atom. The van der Waals surface area contributed by atoms with Crippen LogP contribution in [0, 0.1) is 0 Å². The van der Waals surface area contributed by atoms with Crippen molar-refractivity contribution >= 4 is 17.2 Å². The second-order valence-electron chi connectivity index (χ2n) is 5.14. The molecule has 4 rings (SSSR count). The van der Waals surface area contributed by atoms with Gasteiger partial charge in [-0.2, -0.15) is 5.10 Å². The number of hydrogen-bond donors (Lipinski definition) is 1. The van der Waals surface area contributed by atoms with Crippen molar-refractivity contribution in [1.29, 1.82) is 0 Å². The zero-order valence-electron chi connectivity index (χ0n) is 13.4.